The standard InChI is InChI=1S/C64H40BN3/c1-4-19-46(20-5-1)66-57-29-15-14-27-52(57)63-51(28-16-30-58(63)66)45-37-61-64-62(38-45)68(48-23-8-3-9-24-48)60-40-54-44(34-32-42-18-11-13-26-50(42)54)36-56(60)65(64)55-35-43-33-31-41-17-10-12-25-49(41)53(43)39-59(55)67(61)47-21-6-2-7-22-47/h1-40H. The van der Waals surface area contributed by atoms with E-state index in [0.717, 1.165) is 17.1 Å². The summed E-state index contributed by atoms with van der Waals surface area (Å²) in [5, 5.41) is 12.5. The van der Waals surface area contributed by atoms with Gasteiger partial charge in [0.1, 0.15) is 0 Å². The number of anilines is 6. The highest BCUT2D eigenvalue weighted by Crippen LogP contribution is 2.49. The first kappa shape index (κ1) is 37.4. The Morgan fingerprint density at radius 1 is 0.294 bits per heavy atom. The summed E-state index contributed by atoms with van der Waals surface area (Å²) in [4.78, 5) is 5.12. The molecule has 0 saturated heterocycles. The van der Waals surface area contributed by atoms with Crippen LogP contribution in [0.25, 0.3) is 81.7 Å². The average Bonchev–Trinajstić information content (AvgIpc) is 3.75. The van der Waals surface area contributed by atoms with E-state index in [2.05, 4.69) is 257 Å². The third-order valence-electron chi connectivity index (χ3n) is 14.8. The molecule has 0 amide bonds. The Morgan fingerprint density at radius 3 is 1.31 bits per heavy atom. The van der Waals surface area contributed by atoms with E-state index in [4.69, 9.17) is 0 Å². The Kier molecular flexibility index (Phi) is 7.87. The fourth-order valence-electron chi connectivity index (χ4n) is 12.0. The van der Waals surface area contributed by atoms with Crippen molar-refractivity contribution in [2.75, 3.05) is 9.80 Å². The molecular formula is C64H40BN3. The summed E-state index contributed by atoms with van der Waals surface area (Å²) < 4.78 is 2.43. The molecule has 0 aliphatic carbocycles. The van der Waals surface area contributed by atoms with Gasteiger partial charge in [0.15, 0.2) is 0 Å². The molecule has 3 heterocycles. The quantitative estimate of drug-likeness (QED) is 0.129. The van der Waals surface area contributed by atoms with E-state index in [1.54, 1.807) is 0 Å². The van der Waals surface area contributed by atoms with E-state index in [1.807, 2.05) is 0 Å². The normalized spacial score (nSPS) is 12.9. The van der Waals surface area contributed by atoms with E-state index >= 15 is 0 Å². The minimum absolute atomic E-state index is 0.0542. The van der Waals surface area contributed by atoms with E-state index in [9.17, 15) is 0 Å². The Hall–Kier alpha value is -8.86. The molecule has 68 heavy (non-hydrogen) atoms. The minimum atomic E-state index is -0.0542. The van der Waals surface area contributed by atoms with Crippen LogP contribution in [0.1, 0.15) is 0 Å². The van der Waals surface area contributed by atoms with Crippen molar-refractivity contribution in [2.24, 2.45) is 0 Å². The molecular weight excluding hydrogens is 822 g/mol. The van der Waals surface area contributed by atoms with Crippen molar-refractivity contribution in [3.05, 3.63) is 243 Å². The third-order valence-corrected chi connectivity index (χ3v) is 14.8. The highest BCUT2D eigenvalue weighted by Gasteiger charge is 2.44. The summed E-state index contributed by atoms with van der Waals surface area (Å²) in [5.41, 5.74) is 16.9. The predicted octanol–water partition coefficient (Wildman–Crippen LogP) is 15.1. The highest BCUT2D eigenvalue weighted by atomic mass is 15.2. The fourth-order valence-corrected chi connectivity index (χ4v) is 12.0. The van der Waals surface area contributed by atoms with Crippen molar-refractivity contribution in [2.45, 2.75) is 0 Å². The summed E-state index contributed by atoms with van der Waals surface area (Å²) in [6.45, 7) is -0.0542. The first-order valence-electron chi connectivity index (χ1n) is 23.6. The number of rotatable bonds is 4. The van der Waals surface area contributed by atoms with Gasteiger partial charge in [-0.15, -0.1) is 0 Å². The molecule has 0 bridgehead atoms. The lowest BCUT2D eigenvalue weighted by atomic mass is 9.33. The molecule has 4 heteroatoms. The van der Waals surface area contributed by atoms with Gasteiger partial charge in [-0.05, 0) is 143 Å². The summed E-state index contributed by atoms with van der Waals surface area (Å²) in [6, 6.07) is 90.5. The first-order valence-corrected chi connectivity index (χ1v) is 23.6. The van der Waals surface area contributed by atoms with Gasteiger partial charge in [-0.1, -0.05) is 170 Å². The van der Waals surface area contributed by atoms with Crippen LogP contribution in [-0.2, 0) is 0 Å². The molecule has 0 atom stereocenters. The number of para-hydroxylation sites is 4. The lowest BCUT2D eigenvalue weighted by Gasteiger charge is -2.44. The van der Waals surface area contributed by atoms with Crippen LogP contribution in [0.15, 0.2) is 243 Å². The monoisotopic (exact) mass is 861 g/mol. The topological polar surface area (TPSA) is 11.4 Å². The van der Waals surface area contributed by atoms with Crippen LogP contribution in [0.4, 0.5) is 34.1 Å². The second-order valence-electron chi connectivity index (χ2n) is 18.4. The number of nitrogens with zero attached hydrogens (tertiary/aromatic N) is 3. The number of benzene rings is 12. The van der Waals surface area contributed by atoms with Crippen LogP contribution in [-0.4, -0.2) is 11.3 Å². The number of hydrogen-bond donors (Lipinski definition) is 0. The smallest absolute Gasteiger partial charge is 0.252 e. The molecule has 13 aromatic rings. The van der Waals surface area contributed by atoms with Gasteiger partial charge in [-0.2, -0.15) is 0 Å². The second kappa shape index (κ2) is 14.3. The van der Waals surface area contributed by atoms with Crippen LogP contribution in [0.3, 0.4) is 0 Å². The maximum absolute atomic E-state index is 2.56. The maximum atomic E-state index is 2.56. The molecule has 0 N–H and O–H groups in total. The van der Waals surface area contributed by atoms with Crippen molar-refractivity contribution in [1.29, 1.82) is 0 Å². The molecule has 2 aliphatic rings. The van der Waals surface area contributed by atoms with E-state index < -0.39 is 0 Å². The number of aromatic nitrogens is 1. The highest BCUT2D eigenvalue weighted by molar-refractivity contribution is 7.00. The van der Waals surface area contributed by atoms with E-state index in [-0.39, 0.29) is 6.71 Å². The maximum Gasteiger partial charge on any atom is 0.252 e. The van der Waals surface area contributed by atoms with Gasteiger partial charge in [0.25, 0.3) is 6.71 Å². The Morgan fingerprint density at radius 2 is 0.750 bits per heavy atom. The largest absolute Gasteiger partial charge is 0.311 e. The zero-order valence-electron chi connectivity index (χ0n) is 37.0. The molecule has 3 nitrogen and oxygen atoms in total. The summed E-state index contributed by atoms with van der Waals surface area (Å²) in [5.74, 6) is 0. The predicted molar refractivity (Wildman–Crippen MR) is 290 cm³/mol. The minimum Gasteiger partial charge on any atom is -0.311 e. The molecule has 2 aliphatic heterocycles. The lowest BCUT2D eigenvalue weighted by Crippen LogP contribution is -2.61. The molecule has 12 aromatic carbocycles. The van der Waals surface area contributed by atoms with Crippen molar-refractivity contribution < 1.29 is 0 Å². The van der Waals surface area contributed by atoms with Crippen LogP contribution >= 0.6 is 0 Å². The van der Waals surface area contributed by atoms with Crippen LogP contribution < -0.4 is 26.2 Å². The van der Waals surface area contributed by atoms with E-state index in [1.165, 1.54) is 115 Å². The van der Waals surface area contributed by atoms with Gasteiger partial charge in [-0.3, -0.25) is 0 Å². The molecule has 0 saturated carbocycles. The zero-order chi connectivity index (χ0) is 44.5. The van der Waals surface area contributed by atoms with E-state index in [0.29, 0.717) is 0 Å². The molecule has 0 fully saturated rings. The summed E-state index contributed by atoms with van der Waals surface area (Å²) >= 11 is 0. The van der Waals surface area contributed by atoms with Gasteiger partial charge in [-0.25, -0.2) is 0 Å². The molecule has 1 aromatic heterocycles. The first-order chi connectivity index (χ1) is 33.7. The fraction of sp³-hybridized carbons (Fsp3) is 0. The molecule has 0 spiro atoms. The SMILES string of the molecule is c1ccc(N2c3cc4c(ccc5ccccc54)cc3B3c4cc5ccc6ccccc6c5cc4N(c4ccccc4)c4cc(-c5cccc6c5c5ccccc5n6-c5ccccc5)cc2c43)cc1. The van der Waals surface area contributed by atoms with Crippen LogP contribution in [0.5, 0.6) is 0 Å². The Balaban J connectivity index is 1.11. The summed E-state index contributed by atoms with van der Waals surface area (Å²) in [6.07, 6.45) is 0. The third kappa shape index (κ3) is 5.31. The number of fused-ring (bicyclic) bond motifs is 13. The van der Waals surface area contributed by atoms with Gasteiger partial charge in [0.2, 0.25) is 0 Å². The van der Waals surface area contributed by atoms with Gasteiger partial charge in [0.05, 0.1) is 11.0 Å². The van der Waals surface area contributed by atoms with Crippen molar-refractivity contribution >= 4 is 122 Å². The van der Waals surface area contributed by atoms with Crippen molar-refractivity contribution in [3.8, 4) is 16.8 Å². The van der Waals surface area contributed by atoms with Gasteiger partial charge >= 0.3 is 0 Å². The molecule has 0 unspecified atom stereocenters. The molecule has 0 radical (unpaired) electrons. The zero-order valence-corrected chi connectivity index (χ0v) is 37.0. The molecule has 314 valence electrons. The molecule has 15 rings (SSSR count). The summed E-state index contributed by atoms with van der Waals surface area (Å²) in [7, 11) is 0. The average molecular weight is 862 g/mol. The van der Waals surface area contributed by atoms with Crippen LogP contribution in [0, 0.1) is 0 Å². The second-order valence-corrected chi connectivity index (χ2v) is 18.4. The Labute approximate surface area is 394 Å². The number of hydrogen-bond acceptors (Lipinski definition) is 2. The lowest BCUT2D eigenvalue weighted by molar-refractivity contribution is 1.18. The van der Waals surface area contributed by atoms with Crippen molar-refractivity contribution in [3.63, 3.8) is 0 Å². The van der Waals surface area contributed by atoms with Gasteiger partial charge < -0.3 is 14.4 Å². The van der Waals surface area contributed by atoms with Crippen molar-refractivity contribution in [1.82, 2.24) is 4.57 Å². The van der Waals surface area contributed by atoms with Crippen LogP contribution in [0.2, 0.25) is 0 Å². The van der Waals surface area contributed by atoms with Gasteiger partial charge in [0, 0.05) is 50.6 Å². The Bertz CT molecular complexity index is 4030.